The molecule has 0 amide bonds. The molecule has 3 N–H and O–H groups in total. The molecule has 2 heterocycles. The van der Waals surface area contributed by atoms with Gasteiger partial charge >= 0.3 is 0 Å². The molecule has 7 heteroatoms. The summed E-state index contributed by atoms with van der Waals surface area (Å²) >= 11 is 0. The van der Waals surface area contributed by atoms with Crippen LogP contribution < -0.4 is 10.6 Å². The first-order chi connectivity index (χ1) is 12.7. The number of aliphatic hydroxyl groups excluding tert-OH is 1. The van der Waals surface area contributed by atoms with E-state index in [9.17, 15) is 4.39 Å². The van der Waals surface area contributed by atoms with Crippen molar-refractivity contribution in [3.8, 4) is 11.3 Å². The minimum Gasteiger partial charge on any atom is -0.396 e. The second kappa shape index (κ2) is 8.87. The van der Waals surface area contributed by atoms with Gasteiger partial charge in [-0.1, -0.05) is 12.1 Å². The van der Waals surface area contributed by atoms with Crippen molar-refractivity contribution >= 4 is 11.8 Å². The van der Waals surface area contributed by atoms with Crippen LogP contribution in [0.25, 0.3) is 11.3 Å². The average molecular weight is 353 g/mol. The van der Waals surface area contributed by atoms with Crippen LogP contribution in [0.4, 0.5) is 16.2 Å². The van der Waals surface area contributed by atoms with Crippen molar-refractivity contribution in [2.45, 2.75) is 13.0 Å². The standard InChI is InChI=1S/C19H20FN5O/c20-16-4-2-14(3-5-16)13-23-18-12-17(15-6-9-21-10-7-15)24-19(25-18)22-8-1-11-26/h2-7,9-10,12,26H,1,8,11,13H2,(H2,22,23,24,25). The molecule has 6 nitrogen and oxygen atoms in total. The van der Waals surface area contributed by atoms with E-state index in [0.717, 1.165) is 16.8 Å². The third kappa shape index (κ3) is 4.97. The van der Waals surface area contributed by atoms with Crippen molar-refractivity contribution in [1.29, 1.82) is 0 Å². The van der Waals surface area contributed by atoms with Gasteiger partial charge in [0.05, 0.1) is 5.69 Å². The second-order valence-corrected chi connectivity index (χ2v) is 5.68. The predicted octanol–water partition coefficient (Wildman–Crippen LogP) is 3.08. The van der Waals surface area contributed by atoms with Crippen molar-refractivity contribution in [3.05, 3.63) is 66.2 Å². The van der Waals surface area contributed by atoms with E-state index >= 15 is 0 Å². The van der Waals surface area contributed by atoms with Gasteiger partial charge in [0.25, 0.3) is 0 Å². The van der Waals surface area contributed by atoms with Crippen LogP contribution in [0.5, 0.6) is 0 Å². The highest BCUT2D eigenvalue weighted by Gasteiger charge is 2.07. The lowest BCUT2D eigenvalue weighted by Gasteiger charge is -2.11. The molecule has 2 aromatic heterocycles. The van der Waals surface area contributed by atoms with Gasteiger partial charge in [-0.3, -0.25) is 4.98 Å². The third-order valence-electron chi connectivity index (χ3n) is 3.71. The summed E-state index contributed by atoms with van der Waals surface area (Å²) in [4.78, 5) is 13.0. The van der Waals surface area contributed by atoms with E-state index < -0.39 is 0 Å². The molecule has 0 fully saturated rings. The summed E-state index contributed by atoms with van der Waals surface area (Å²) in [5.41, 5.74) is 2.64. The molecular formula is C19H20FN5O. The summed E-state index contributed by atoms with van der Waals surface area (Å²) < 4.78 is 13.0. The quantitative estimate of drug-likeness (QED) is 0.540. The Morgan fingerprint density at radius 1 is 0.962 bits per heavy atom. The highest BCUT2D eigenvalue weighted by molar-refractivity contribution is 5.63. The third-order valence-corrected chi connectivity index (χ3v) is 3.71. The molecule has 0 atom stereocenters. The molecule has 3 aromatic rings. The first-order valence-electron chi connectivity index (χ1n) is 8.37. The highest BCUT2D eigenvalue weighted by Crippen LogP contribution is 2.21. The molecule has 1 aromatic carbocycles. The number of anilines is 2. The van der Waals surface area contributed by atoms with Crippen LogP contribution in [0.3, 0.4) is 0 Å². The van der Waals surface area contributed by atoms with Gasteiger partial charge in [0.15, 0.2) is 0 Å². The summed E-state index contributed by atoms with van der Waals surface area (Å²) in [6.45, 7) is 1.20. The number of halogens is 1. The van der Waals surface area contributed by atoms with Gasteiger partial charge in [0, 0.05) is 43.7 Å². The number of hydrogen-bond acceptors (Lipinski definition) is 6. The number of aliphatic hydroxyl groups is 1. The molecule has 134 valence electrons. The van der Waals surface area contributed by atoms with Crippen molar-refractivity contribution in [3.63, 3.8) is 0 Å². The van der Waals surface area contributed by atoms with Gasteiger partial charge < -0.3 is 15.7 Å². The van der Waals surface area contributed by atoms with Crippen LogP contribution in [-0.2, 0) is 6.54 Å². The Kier molecular flexibility index (Phi) is 6.05. The SMILES string of the molecule is OCCCNc1nc(NCc2ccc(F)cc2)cc(-c2ccncc2)n1. The summed E-state index contributed by atoms with van der Waals surface area (Å²) in [5, 5.41) is 15.3. The van der Waals surface area contributed by atoms with E-state index in [1.807, 2.05) is 18.2 Å². The Balaban J connectivity index is 1.80. The number of hydrogen-bond donors (Lipinski definition) is 3. The minimum atomic E-state index is -0.258. The van der Waals surface area contributed by atoms with Gasteiger partial charge in [-0.05, 0) is 36.2 Å². The van der Waals surface area contributed by atoms with Crippen LogP contribution in [0, 0.1) is 5.82 Å². The number of pyridine rings is 1. The molecule has 0 unspecified atom stereocenters. The van der Waals surface area contributed by atoms with Crippen LogP contribution in [0.15, 0.2) is 54.9 Å². The highest BCUT2D eigenvalue weighted by atomic mass is 19.1. The van der Waals surface area contributed by atoms with Crippen LogP contribution in [-0.4, -0.2) is 33.2 Å². The first-order valence-corrected chi connectivity index (χ1v) is 8.37. The average Bonchev–Trinajstić information content (AvgIpc) is 2.68. The fraction of sp³-hybridized carbons (Fsp3) is 0.211. The molecule has 0 aliphatic carbocycles. The van der Waals surface area contributed by atoms with E-state index in [1.165, 1.54) is 12.1 Å². The normalized spacial score (nSPS) is 10.5. The summed E-state index contributed by atoms with van der Waals surface area (Å²) in [5.74, 6) is 0.878. The predicted molar refractivity (Wildman–Crippen MR) is 99.2 cm³/mol. The zero-order chi connectivity index (χ0) is 18.2. The Morgan fingerprint density at radius 3 is 2.46 bits per heavy atom. The van der Waals surface area contributed by atoms with Crippen molar-refractivity contribution in [2.24, 2.45) is 0 Å². The zero-order valence-electron chi connectivity index (χ0n) is 14.2. The lowest BCUT2D eigenvalue weighted by atomic mass is 10.2. The fourth-order valence-corrected chi connectivity index (χ4v) is 2.36. The van der Waals surface area contributed by atoms with E-state index in [4.69, 9.17) is 5.11 Å². The first kappa shape index (κ1) is 17.8. The summed E-state index contributed by atoms with van der Waals surface area (Å²) in [6, 6.07) is 11.9. The largest absolute Gasteiger partial charge is 0.396 e. The van der Waals surface area contributed by atoms with Crippen molar-refractivity contribution < 1.29 is 9.50 Å². The summed E-state index contributed by atoms with van der Waals surface area (Å²) in [6.07, 6.45) is 4.03. The number of aromatic nitrogens is 3. The van der Waals surface area contributed by atoms with E-state index in [1.54, 1.807) is 24.5 Å². The molecule has 26 heavy (non-hydrogen) atoms. The smallest absolute Gasteiger partial charge is 0.225 e. The maximum atomic E-state index is 13.0. The second-order valence-electron chi connectivity index (χ2n) is 5.68. The Bertz CT molecular complexity index is 827. The van der Waals surface area contributed by atoms with Crippen molar-refractivity contribution in [1.82, 2.24) is 15.0 Å². The number of rotatable bonds is 8. The Labute approximate surface area is 151 Å². The van der Waals surface area contributed by atoms with Crippen molar-refractivity contribution in [2.75, 3.05) is 23.8 Å². The fourth-order valence-electron chi connectivity index (χ4n) is 2.36. The van der Waals surface area contributed by atoms with Gasteiger partial charge in [-0.15, -0.1) is 0 Å². The topological polar surface area (TPSA) is 83.0 Å². The van der Waals surface area contributed by atoms with E-state index in [-0.39, 0.29) is 12.4 Å². The molecule has 0 radical (unpaired) electrons. The molecule has 0 aliphatic heterocycles. The Morgan fingerprint density at radius 2 is 1.73 bits per heavy atom. The van der Waals surface area contributed by atoms with Crippen LogP contribution in [0.1, 0.15) is 12.0 Å². The molecule has 0 saturated heterocycles. The molecule has 0 bridgehead atoms. The van der Waals surface area contributed by atoms with Gasteiger partial charge in [0.1, 0.15) is 11.6 Å². The molecule has 0 aliphatic rings. The molecule has 3 rings (SSSR count). The van der Waals surface area contributed by atoms with Gasteiger partial charge in [-0.2, -0.15) is 4.98 Å². The molecule has 0 spiro atoms. The number of nitrogens with zero attached hydrogens (tertiary/aromatic N) is 3. The van der Waals surface area contributed by atoms with Crippen LogP contribution in [0.2, 0.25) is 0 Å². The maximum Gasteiger partial charge on any atom is 0.225 e. The lowest BCUT2D eigenvalue weighted by molar-refractivity contribution is 0.292. The van der Waals surface area contributed by atoms with Crippen LogP contribution >= 0.6 is 0 Å². The van der Waals surface area contributed by atoms with Gasteiger partial charge in [0.2, 0.25) is 5.95 Å². The maximum absolute atomic E-state index is 13.0. The number of benzene rings is 1. The number of nitrogens with one attached hydrogen (secondary N) is 2. The molecular weight excluding hydrogens is 333 g/mol. The monoisotopic (exact) mass is 353 g/mol. The lowest BCUT2D eigenvalue weighted by Crippen LogP contribution is -2.10. The zero-order valence-corrected chi connectivity index (χ0v) is 14.2. The van der Waals surface area contributed by atoms with E-state index in [0.29, 0.717) is 31.3 Å². The van der Waals surface area contributed by atoms with Gasteiger partial charge in [-0.25, -0.2) is 9.37 Å². The Hall–Kier alpha value is -3.06. The minimum absolute atomic E-state index is 0.104. The molecule has 0 saturated carbocycles. The summed E-state index contributed by atoms with van der Waals surface area (Å²) in [7, 11) is 0. The van der Waals surface area contributed by atoms with E-state index in [2.05, 4.69) is 25.6 Å².